The minimum absolute atomic E-state index is 0.0440. The van der Waals surface area contributed by atoms with E-state index < -0.39 is 0 Å². The van der Waals surface area contributed by atoms with Gasteiger partial charge in [-0.1, -0.05) is 38.1 Å². The number of hydrogen-bond acceptors (Lipinski definition) is 7. The van der Waals surface area contributed by atoms with Crippen LogP contribution in [0.25, 0.3) is 10.2 Å². The van der Waals surface area contributed by atoms with Gasteiger partial charge in [-0.05, 0) is 42.5 Å². The molecule has 0 aliphatic carbocycles. The van der Waals surface area contributed by atoms with Crippen LogP contribution in [-0.2, 0) is 17.8 Å². The quantitative estimate of drug-likeness (QED) is 0.374. The summed E-state index contributed by atoms with van der Waals surface area (Å²) in [6, 6.07) is 5.72. The Labute approximate surface area is 201 Å². The van der Waals surface area contributed by atoms with Crippen LogP contribution in [0.3, 0.4) is 0 Å². The van der Waals surface area contributed by atoms with E-state index in [1.807, 2.05) is 25.1 Å². The minimum Gasteiger partial charge on any atom is -0.486 e. The molecule has 0 radical (unpaired) electrons. The van der Waals surface area contributed by atoms with Crippen LogP contribution in [0.1, 0.15) is 36.3 Å². The molecule has 9 heteroatoms. The third kappa shape index (κ3) is 5.35. The maximum atomic E-state index is 12.8. The SMILES string of the molecule is CC[C@H](C)Cc1c(C)sc2nc(SCC(=O)N(C)Cc3ccc4c(c3)OCCO4)[nH]c(=O)c12. The number of aryl methyl sites for hydroxylation is 1. The van der Waals surface area contributed by atoms with Crippen LogP contribution in [0.15, 0.2) is 28.2 Å². The second-order valence-corrected chi connectivity index (χ2v) is 10.6. The predicted molar refractivity (Wildman–Crippen MR) is 133 cm³/mol. The summed E-state index contributed by atoms with van der Waals surface area (Å²) in [6.45, 7) is 7.94. The number of carbonyl (C=O) groups is 1. The van der Waals surface area contributed by atoms with Crippen molar-refractivity contribution in [2.75, 3.05) is 26.0 Å². The van der Waals surface area contributed by atoms with Gasteiger partial charge in [-0.25, -0.2) is 4.98 Å². The zero-order valence-electron chi connectivity index (χ0n) is 19.4. The molecule has 0 fully saturated rings. The number of aromatic amines is 1. The van der Waals surface area contributed by atoms with E-state index in [1.54, 1.807) is 23.3 Å². The van der Waals surface area contributed by atoms with Gasteiger partial charge in [-0.3, -0.25) is 9.59 Å². The van der Waals surface area contributed by atoms with Crippen molar-refractivity contribution in [1.82, 2.24) is 14.9 Å². The molecule has 1 aliphatic heterocycles. The standard InChI is InChI=1S/C24H29N3O4S2/c1-5-14(2)10-17-15(3)33-23-21(17)22(29)25-24(26-23)32-13-20(28)27(4)12-16-6-7-18-19(11-16)31-9-8-30-18/h6-7,11,14H,5,8-10,12-13H2,1-4H3,(H,25,26,29)/t14-/m0/s1. The highest BCUT2D eigenvalue weighted by Gasteiger charge is 2.18. The normalized spacial score (nSPS) is 13.8. The van der Waals surface area contributed by atoms with Gasteiger partial charge in [0.05, 0.1) is 11.1 Å². The van der Waals surface area contributed by atoms with Gasteiger partial charge in [-0.15, -0.1) is 11.3 Å². The summed E-state index contributed by atoms with van der Waals surface area (Å²) >= 11 is 2.81. The van der Waals surface area contributed by atoms with Crippen molar-refractivity contribution in [2.24, 2.45) is 5.92 Å². The first kappa shape index (κ1) is 23.6. The number of aromatic nitrogens is 2. The molecule has 7 nitrogen and oxygen atoms in total. The average molecular weight is 488 g/mol. The number of H-pyrrole nitrogens is 1. The number of thioether (sulfide) groups is 1. The molecule has 1 atom stereocenters. The molecule has 1 aliphatic rings. The van der Waals surface area contributed by atoms with Gasteiger partial charge < -0.3 is 19.4 Å². The van der Waals surface area contributed by atoms with Crippen molar-refractivity contribution in [3.8, 4) is 11.5 Å². The third-order valence-corrected chi connectivity index (χ3v) is 7.77. The van der Waals surface area contributed by atoms with Crippen molar-refractivity contribution in [2.45, 2.75) is 45.3 Å². The number of carbonyl (C=O) groups excluding carboxylic acids is 1. The number of fused-ring (bicyclic) bond motifs is 2. The number of nitrogens with one attached hydrogen (secondary N) is 1. The van der Waals surface area contributed by atoms with Gasteiger partial charge in [0.25, 0.3) is 5.56 Å². The van der Waals surface area contributed by atoms with Gasteiger partial charge in [0.2, 0.25) is 5.91 Å². The summed E-state index contributed by atoms with van der Waals surface area (Å²) in [5.74, 6) is 2.10. The highest BCUT2D eigenvalue weighted by atomic mass is 32.2. The first-order valence-electron chi connectivity index (χ1n) is 11.1. The second kappa shape index (κ2) is 10.2. The lowest BCUT2D eigenvalue weighted by Crippen LogP contribution is -2.28. The van der Waals surface area contributed by atoms with Gasteiger partial charge in [0.1, 0.15) is 18.0 Å². The van der Waals surface area contributed by atoms with Crippen LogP contribution in [-0.4, -0.2) is 46.8 Å². The minimum atomic E-state index is -0.123. The molecule has 0 spiro atoms. The molecule has 1 N–H and O–H groups in total. The molecule has 0 bridgehead atoms. The van der Waals surface area contributed by atoms with E-state index in [0.29, 0.717) is 42.0 Å². The molecule has 0 saturated heterocycles. The average Bonchev–Trinajstić information content (AvgIpc) is 3.12. The Morgan fingerprint density at radius 2 is 2.06 bits per heavy atom. The second-order valence-electron chi connectivity index (χ2n) is 8.42. The highest BCUT2D eigenvalue weighted by molar-refractivity contribution is 7.99. The van der Waals surface area contributed by atoms with Crippen LogP contribution in [0.5, 0.6) is 11.5 Å². The summed E-state index contributed by atoms with van der Waals surface area (Å²) in [5, 5.41) is 1.18. The lowest BCUT2D eigenvalue weighted by molar-refractivity contribution is -0.127. The molecular weight excluding hydrogens is 458 g/mol. The number of nitrogens with zero attached hydrogens (tertiary/aromatic N) is 2. The molecule has 3 heterocycles. The number of hydrogen-bond donors (Lipinski definition) is 1. The number of ether oxygens (including phenoxy) is 2. The summed E-state index contributed by atoms with van der Waals surface area (Å²) in [7, 11) is 1.77. The lowest BCUT2D eigenvalue weighted by Gasteiger charge is -2.21. The van der Waals surface area contributed by atoms with E-state index in [0.717, 1.165) is 39.4 Å². The largest absolute Gasteiger partial charge is 0.486 e. The maximum absolute atomic E-state index is 12.8. The molecular formula is C24H29N3O4S2. The van der Waals surface area contributed by atoms with Crippen molar-refractivity contribution in [3.05, 3.63) is 44.6 Å². The van der Waals surface area contributed by atoms with Gasteiger partial charge >= 0.3 is 0 Å². The van der Waals surface area contributed by atoms with E-state index in [2.05, 4.69) is 23.8 Å². The van der Waals surface area contributed by atoms with E-state index in [1.165, 1.54) is 11.8 Å². The first-order chi connectivity index (χ1) is 15.9. The fourth-order valence-electron chi connectivity index (χ4n) is 3.75. The van der Waals surface area contributed by atoms with Crippen molar-refractivity contribution >= 4 is 39.2 Å². The predicted octanol–water partition coefficient (Wildman–Crippen LogP) is 4.40. The molecule has 1 aromatic carbocycles. The highest BCUT2D eigenvalue weighted by Crippen LogP contribution is 2.32. The zero-order valence-corrected chi connectivity index (χ0v) is 21.0. The maximum Gasteiger partial charge on any atom is 0.260 e. The summed E-state index contributed by atoms with van der Waals surface area (Å²) < 4.78 is 11.2. The Hall–Kier alpha value is -2.52. The van der Waals surface area contributed by atoms with E-state index in [-0.39, 0.29) is 17.2 Å². The third-order valence-electron chi connectivity index (χ3n) is 5.87. The smallest absolute Gasteiger partial charge is 0.260 e. The molecule has 0 saturated carbocycles. The number of amides is 1. The summed E-state index contributed by atoms with van der Waals surface area (Å²) in [4.78, 5) is 36.6. The molecule has 176 valence electrons. The van der Waals surface area contributed by atoms with Crippen LogP contribution >= 0.6 is 23.1 Å². The molecule has 33 heavy (non-hydrogen) atoms. The first-order valence-corrected chi connectivity index (χ1v) is 12.9. The van der Waals surface area contributed by atoms with Crippen LogP contribution in [0, 0.1) is 12.8 Å². The monoisotopic (exact) mass is 487 g/mol. The van der Waals surface area contributed by atoms with Gasteiger partial charge in [0.15, 0.2) is 16.7 Å². The molecule has 3 aromatic rings. The summed E-state index contributed by atoms with van der Waals surface area (Å²) in [5.41, 5.74) is 1.95. The Morgan fingerprint density at radius 3 is 2.82 bits per heavy atom. The van der Waals surface area contributed by atoms with Crippen LogP contribution < -0.4 is 15.0 Å². The molecule has 1 amide bonds. The van der Waals surface area contributed by atoms with E-state index >= 15 is 0 Å². The fraction of sp³-hybridized carbons (Fsp3) is 0.458. The topological polar surface area (TPSA) is 84.5 Å². The Balaban J connectivity index is 1.41. The Morgan fingerprint density at radius 1 is 1.30 bits per heavy atom. The molecule has 2 aromatic heterocycles. The van der Waals surface area contributed by atoms with Crippen molar-refractivity contribution in [1.29, 1.82) is 0 Å². The Bertz CT molecular complexity index is 1220. The zero-order chi connectivity index (χ0) is 23.5. The fourth-order valence-corrected chi connectivity index (χ4v) is 5.66. The number of rotatable bonds is 8. The summed E-state index contributed by atoms with van der Waals surface area (Å²) in [6.07, 6.45) is 1.95. The number of thiophene rings is 1. The number of benzene rings is 1. The molecule has 4 rings (SSSR count). The molecule has 0 unspecified atom stereocenters. The van der Waals surface area contributed by atoms with Gasteiger partial charge in [0, 0.05) is 18.5 Å². The van der Waals surface area contributed by atoms with Crippen molar-refractivity contribution < 1.29 is 14.3 Å². The van der Waals surface area contributed by atoms with Crippen molar-refractivity contribution in [3.63, 3.8) is 0 Å². The van der Waals surface area contributed by atoms with Gasteiger partial charge in [-0.2, -0.15) is 0 Å². The Kier molecular flexibility index (Phi) is 7.29. The van der Waals surface area contributed by atoms with E-state index in [4.69, 9.17) is 9.47 Å². The van der Waals surface area contributed by atoms with E-state index in [9.17, 15) is 9.59 Å². The van der Waals surface area contributed by atoms with Crippen LogP contribution in [0.2, 0.25) is 0 Å². The lowest BCUT2D eigenvalue weighted by atomic mass is 9.98. The van der Waals surface area contributed by atoms with Crippen LogP contribution in [0.4, 0.5) is 0 Å².